The van der Waals surface area contributed by atoms with E-state index in [-0.39, 0.29) is 0 Å². The Bertz CT molecular complexity index is 319. The molecule has 0 bridgehead atoms. The van der Waals surface area contributed by atoms with Crippen molar-refractivity contribution in [3.63, 3.8) is 0 Å². The highest BCUT2D eigenvalue weighted by atomic mass is 15.2. The smallest absolute Gasteiger partial charge is 0.0102 e. The molecule has 0 aromatic rings. The fourth-order valence-corrected chi connectivity index (χ4v) is 5.08. The lowest BCUT2D eigenvalue weighted by Crippen LogP contribution is -2.45. The van der Waals surface area contributed by atoms with Crippen molar-refractivity contribution in [2.75, 3.05) is 19.6 Å². The van der Waals surface area contributed by atoms with Gasteiger partial charge in [-0.05, 0) is 90.1 Å². The topological polar surface area (TPSA) is 6.48 Å². The molecule has 3 aliphatic rings. The van der Waals surface area contributed by atoms with Crippen LogP contribution in [0.25, 0.3) is 0 Å². The Labute approximate surface area is 138 Å². The Hall–Kier alpha value is -0.0800. The number of rotatable bonds is 6. The van der Waals surface area contributed by atoms with E-state index in [0.717, 1.165) is 30.0 Å². The minimum absolute atomic E-state index is 0.752. The molecule has 1 saturated heterocycles. The van der Waals surface area contributed by atoms with Crippen molar-refractivity contribution in [1.82, 2.24) is 9.80 Å². The summed E-state index contributed by atoms with van der Waals surface area (Å²) in [6, 6.07) is 2.59. The SMILES string of the molecule is CCC1CCN(CC2CCC(N(C(C)C)C3CC3)CC2)CC1. The van der Waals surface area contributed by atoms with Crippen LogP contribution in [0.4, 0.5) is 0 Å². The molecule has 0 aromatic carbocycles. The van der Waals surface area contributed by atoms with Gasteiger partial charge >= 0.3 is 0 Å². The van der Waals surface area contributed by atoms with E-state index in [1.807, 2.05) is 0 Å². The zero-order chi connectivity index (χ0) is 15.5. The Kier molecular flexibility index (Phi) is 5.84. The zero-order valence-electron chi connectivity index (χ0n) is 15.3. The molecule has 1 aliphatic heterocycles. The van der Waals surface area contributed by atoms with E-state index in [1.165, 1.54) is 77.4 Å². The van der Waals surface area contributed by atoms with Crippen LogP contribution in [-0.2, 0) is 0 Å². The summed E-state index contributed by atoms with van der Waals surface area (Å²) in [7, 11) is 0. The molecule has 2 aliphatic carbocycles. The second-order valence-electron chi connectivity index (χ2n) is 8.60. The number of hydrogen-bond donors (Lipinski definition) is 0. The summed E-state index contributed by atoms with van der Waals surface area (Å²) in [4.78, 5) is 5.64. The monoisotopic (exact) mass is 306 g/mol. The average Bonchev–Trinajstić information content (AvgIpc) is 3.34. The first-order valence-corrected chi connectivity index (χ1v) is 10.2. The van der Waals surface area contributed by atoms with Crippen LogP contribution in [0.5, 0.6) is 0 Å². The first-order valence-electron chi connectivity index (χ1n) is 10.2. The van der Waals surface area contributed by atoms with E-state index >= 15 is 0 Å². The molecule has 0 unspecified atom stereocenters. The van der Waals surface area contributed by atoms with Crippen LogP contribution in [0.3, 0.4) is 0 Å². The van der Waals surface area contributed by atoms with Crippen LogP contribution in [0.15, 0.2) is 0 Å². The Morgan fingerprint density at radius 1 is 0.818 bits per heavy atom. The highest BCUT2D eigenvalue weighted by Crippen LogP contribution is 2.37. The second kappa shape index (κ2) is 7.66. The van der Waals surface area contributed by atoms with Gasteiger partial charge in [-0.1, -0.05) is 13.3 Å². The molecule has 3 fully saturated rings. The van der Waals surface area contributed by atoms with Crippen molar-refractivity contribution < 1.29 is 0 Å². The fourth-order valence-electron chi connectivity index (χ4n) is 5.08. The second-order valence-corrected chi connectivity index (χ2v) is 8.60. The van der Waals surface area contributed by atoms with Gasteiger partial charge in [0.15, 0.2) is 0 Å². The van der Waals surface area contributed by atoms with Crippen molar-refractivity contribution in [3.05, 3.63) is 0 Å². The first kappa shape index (κ1) is 16.8. The van der Waals surface area contributed by atoms with Gasteiger partial charge in [0, 0.05) is 24.7 Å². The molecular weight excluding hydrogens is 268 g/mol. The summed E-state index contributed by atoms with van der Waals surface area (Å²) >= 11 is 0. The van der Waals surface area contributed by atoms with E-state index in [9.17, 15) is 0 Å². The normalized spacial score (nSPS) is 32.0. The summed E-state index contributed by atoms with van der Waals surface area (Å²) in [5.41, 5.74) is 0. The van der Waals surface area contributed by atoms with Crippen molar-refractivity contribution in [2.24, 2.45) is 11.8 Å². The van der Waals surface area contributed by atoms with Crippen molar-refractivity contribution >= 4 is 0 Å². The molecule has 0 spiro atoms. The zero-order valence-corrected chi connectivity index (χ0v) is 15.3. The van der Waals surface area contributed by atoms with Crippen molar-refractivity contribution in [2.45, 2.75) is 96.7 Å². The van der Waals surface area contributed by atoms with Crippen LogP contribution in [0.2, 0.25) is 0 Å². The molecule has 22 heavy (non-hydrogen) atoms. The van der Waals surface area contributed by atoms with Gasteiger partial charge in [-0.15, -0.1) is 0 Å². The summed E-state index contributed by atoms with van der Waals surface area (Å²) in [5, 5.41) is 0. The third kappa shape index (κ3) is 4.26. The first-order chi connectivity index (χ1) is 10.7. The van der Waals surface area contributed by atoms with E-state index in [1.54, 1.807) is 0 Å². The molecule has 1 heterocycles. The summed E-state index contributed by atoms with van der Waals surface area (Å²) in [6.45, 7) is 11.3. The highest BCUT2D eigenvalue weighted by Gasteiger charge is 2.37. The number of nitrogens with zero attached hydrogens (tertiary/aromatic N) is 2. The molecule has 0 radical (unpaired) electrons. The Morgan fingerprint density at radius 3 is 1.82 bits per heavy atom. The molecule has 2 saturated carbocycles. The fraction of sp³-hybridized carbons (Fsp3) is 1.00. The lowest BCUT2D eigenvalue weighted by Gasteiger charge is -2.41. The van der Waals surface area contributed by atoms with Gasteiger partial charge in [0.1, 0.15) is 0 Å². The molecule has 0 N–H and O–H groups in total. The van der Waals surface area contributed by atoms with Gasteiger partial charge in [0.05, 0.1) is 0 Å². The van der Waals surface area contributed by atoms with Gasteiger partial charge in [-0.25, -0.2) is 0 Å². The van der Waals surface area contributed by atoms with Gasteiger partial charge in [0.25, 0.3) is 0 Å². The lowest BCUT2D eigenvalue weighted by molar-refractivity contribution is 0.0802. The highest BCUT2D eigenvalue weighted by molar-refractivity contribution is 4.92. The predicted molar refractivity (Wildman–Crippen MR) is 95.2 cm³/mol. The summed E-state index contributed by atoms with van der Waals surface area (Å²) in [5.74, 6) is 2.01. The molecule has 2 nitrogen and oxygen atoms in total. The van der Waals surface area contributed by atoms with Crippen molar-refractivity contribution in [3.8, 4) is 0 Å². The van der Waals surface area contributed by atoms with E-state index in [2.05, 4.69) is 30.6 Å². The van der Waals surface area contributed by atoms with Crippen LogP contribution in [-0.4, -0.2) is 47.6 Å². The van der Waals surface area contributed by atoms with Crippen LogP contribution < -0.4 is 0 Å². The Morgan fingerprint density at radius 2 is 1.36 bits per heavy atom. The van der Waals surface area contributed by atoms with Gasteiger partial charge in [0.2, 0.25) is 0 Å². The molecule has 3 rings (SSSR count). The van der Waals surface area contributed by atoms with E-state index in [4.69, 9.17) is 0 Å². The maximum Gasteiger partial charge on any atom is 0.0102 e. The molecule has 0 aromatic heterocycles. The maximum absolute atomic E-state index is 2.86. The van der Waals surface area contributed by atoms with Gasteiger partial charge < -0.3 is 4.90 Å². The molecule has 128 valence electrons. The van der Waals surface area contributed by atoms with Crippen LogP contribution in [0.1, 0.15) is 78.6 Å². The minimum atomic E-state index is 0.752. The summed E-state index contributed by atoms with van der Waals surface area (Å²) < 4.78 is 0. The van der Waals surface area contributed by atoms with Crippen molar-refractivity contribution in [1.29, 1.82) is 0 Å². The quantitative estimate of drug-likeness (QED) is 0.711. The number of hydrogen-bond acceptors (Lipinski definition) is 2. The predicted octanol–water partition coefficient (Wildman–Crippen LogP) is 4.54. The minimum Gasteiger partial charge on any atom is -0.303 e. The molecule has 0 atom stereocenters. The average molecular weight is 307 g/mol. The number of likely N-dealkylation sites (tertiary alicyclic amines) is 1. The number of piperidine rings is 1. The standard InChI is InChI=1S/C20H38N2/c1-4-17-11-13-21(14-12-17)15-18-5-7-19(8-6-18)22(16(2)3)20-9-10-20/h16-20H,4-15H2,1-3H3. The largest absolute Gasteiger partial charge is 0.303 e. The Balaban J connectivity index is 1.40. The third-order valence-corrected chi connectivity index (χ3v) is 6.60. The molecule has 0 amide bonds. The van der Waals surface area contributed by atoms with E-state index < -0.39 is 0 Å². The van der Waals surface area contributed by atoms with E-state index in [0.29, 0.717) is 0 Å². The van der Waals surface area contributed by atoms with Crippen LogP contribution >= 0.6 is 0 Å². The lowest BCUT2D eigenvalue weighted by atomic mass is 9.84. The molecular formula is C20H38N2. The van der Waals surface area contributed by atoms with Gasteiger partial charge in [-0.3, -0.25) is 4.90 Å². The van der Waals surface area contributed by atoms with Crippen LogP contribution in [0, 0.1) is 11.8 Å². The third-order valence-electron chi connectivity index (χ3n) is 6.60. The maximum atomic E-state index is 2.86. The van der Waals surface area contributed by atoms with Gasteiger partial charge in [-0.2, -0.15) is 0 Å². The molecule has 2 heteroatoms. The summed E-state index contributed by atoms with van der Waals surface area (Å²) in [6.07, 6.45) is 13.1.